The van der Waals surface area contributed by atoms with E-state index in [2.05, 4.69) is 25.1 Å². The molecule has 33 heavy (non-hydrogen) atoms. The molecule has 2 N–H and O–H groups in total. The van der Waals surface area contributed by atoms with Gasteiger partial charge in [0, 0.05) is 13.2 Å². The highest BCUT2D eigenvalue weighted by molar-refractivity contribution is 7.92. The number of amides is 1. The standard InChI is InChI=1S/C20H15Cl2FN6O3S/c1-10-16(7-11(21)8-25-10)33(31,32)28-14-4-3-12(23)17(18(14)22)13-5-6-15-19(20(30)24-2)26-9-29(15)27-13/h3-9,28H,1-2H3,(H,24,30). The van der Waals surface area contributed by atoms with Crippen LogP contribution in [0, 0.1) is 12.7 Å². The van der Waals surface area contributed by atoms with Crippen LogP contribution in [0.5, 0.6) is 0 Å². The molecule has 0 aliphatic heterocycles. The molecule has 13 heteroatoms. The molecule has 0 fully saturated rings. The first-order valence-electron chi connectivity index (χ1n) is 9.32. The first kappa shape index (κ1) is 22.9. The van der Waals surface area contributed by atoms with E-state index in [1.165, 1.54) is 55.3 Å². The van der Waals surface area contributed by atoms with Gasteiger partial charge in [0.1, 0.15) is 17.0 Å². The van der Waals surface area contributed by atoms with Crippen LogP contribution >= 0.6 is 23.2 Å². The summed E-state index contributed by atoms with van der Waals surface area (Å²) in [6, 6.07) is 6.51. The second-order valence-electron chi connectivity index (χ2n) is 6.85. The fourth-order valence-corrected chi connectivity index (χ4v) is 5.01. The lowest BCUT2D eigenvalue weighted by Gasteiger charge is -2.14. The molecule has 170 valence electrons. The summed E-state index contributed by atoms with van der Waals surface area (Å²) in [5, 5.41) is 6.68. The van der Waals surface area contributed by atoms with Crippen LogP contribution in [0.1, 0.15) is 16.2 Å². The lowest BCUT2D eigenvalue weighted by molar-refractivity contribution is 0.0960. The fraction of sp³-hybridized carbons (Fsp3) is 0.100. The van der Waals surface area contributed by atoms with Crippen molar-refractivity contribution in [3.05, 3.63) is 70.1 Å². The molecule has 0 radical (unpaired) electrons. The first-order valence-corrected chi connectivity index (χ1v) is 11.6. The van der Waals surface area contributed by atoms with Crippen LogP contribution in [0.3, 0.4) is 0 Å². The van der Waals surface area contributed by atoms with Gasteiger partial charge in [-0.1, -0.05) is 23.2 Å². The van der Waals surface area contributed by atoms with Crippen molar-refractivity contribution in [3.8, 4) is 11.3 Å². The third kappa shape index (κ3) is 4.22. The van der Waals surface area contributed by atoms with Gasteiger partial charge >= 0.3 is 0 Å². The van der Waals surface area contributed by atoms with Crippen LogP contribution in [-0.2, 0) is 10.0 Å². The maximum atomic E-state index is 14.8. The van der Waals surface area contributed by atoms with Gasteiger partial charge in [-0.05, 0) is 37.3 Å². The Labute approximate surface area is 197 Å². The second kappa shape index (κ2) is 8.58. The number of halogens is 3. The van der Waals surface area contributed by atoms with Crippen molar-refractivity contribution in [1.29, 1.82) is 0 Å². The Hall–Kier alpha value is -3.28. The van der Waals surface area contributed by atoms with Gasteiger partial charge in [-0.25, -0.2) is 22.3 Å². The van der Waals surface area contributed by atoms with Crippen LogP contribution in [-0.4, -0.2) is 41.0 Å². The summed E-state index contributed by atoms with van der Waals surface area (Å²) in [4.78, 5) is 19.7. The maximum Gasteiger partial charge on any atom is 0.271 e. The molecule has 3 heterocycles. The van der Waals surface area contributed by atoms with E-state index in [9.17, 15) is 17.6 Å². The van der Waals surface area contributed by atoms with Crippen molar-refractivity contribution in [2.24, 2.45) is 0 Å². The van der Waals surface area contributed by atoms with Crippen molar-refractivity contribution in [1.82, 2.24) is 24.9 Å². The number of hydrogen-bond donors (Lipinski definition) is 2. The molecule has 0 unspecified atom stereocenters. The van der Waals surface area contributed by atoms with Gasteiger partial charge < -0.3 is 5.32 Å². The highest BCUT2D eigenvalue weighted by Crippen LogP contribution is 2.36. The Balaban J connectivity index is 1.78. The number of rotatable bonds is 5. The van der Waals surface area contributed by atoms with Gasteiger partial charge in [0.05, 0.1) is 38.2 Å². The Morgan fingerprint density at radius 1 is 1.15 bits per heavy atom. The number of sulfonamides is 1. The topological polar surface area (TPSA) is 118 Å². The number of nitrogens with one attached hydrogen (secondary N) is 2. The number of nitrogens with zero attached hydrogens (tertiary/aromatic N) is 4. The van der Waals surface area contributed by atoms with E-state index in [4.69, 9.17) is 23.2 Å². The summed E-state index contributed by atoms with van der Waals surface area (Å²) < 4.78 is 44.2. The number of aromatic nitrogens is 4. The van der Waals surface area contributed by atoms with Crippen LogP contribution < -0.4 is 10.0 Å². The van der Waals surface area contributed by atoms with Gasteiger partial charge in [0.15, 0.2) is 5.69 Å². The van der Waals surface area contributed by atoms with Crippen molar-refractivity contribution >= 4 is 50.3 Å². The minimum atomic E-state index is -4.13. The van der Waals surface area contributed by atoms with Gasteiger partial charge in [0.25, 0.3) is 15.9 Å². The van der Waals surface area contributed by atoms with Crippen LogP contribution in [0.25, 0.3) is 16.8 Å². The van der Waals surface area contributed by atoms with Gasteiger partial charge in [-0.3, -0.25) is 14.5 Å². The number of aryl methyl sites for hydroxylation is 1. The van der Waals surface area contributed by atoms with Crippen molar-refractivity contribution in [2.75, 3.05) is 11.8 Å². The van der Waals surface area contributed by atoms with E-state index in [0.717, 1.165) is 6.07 Å². The number of carbonyl (C=O) groups is 1. The molecule has 3 aromatic heterocycles. The molecule has 0 saturated carbocycles. The van der Waals surface area contributed by atoms with Gasteiger partial charge in [0.2, 0.25) is 0 Å². The van der Waals surface area contributed by atoms with Crippen molar-refractivity contribution in [3.63, 3.8) is 0 Å². The Morgan fingerprint density at radius 3 is 2.64 bits per heavy atom. The molecular formula is C20H15Cl2FN6O3S. The van der Waals surface area contributed by atoms with Crippen molar-refractivity contribution < 1.29 is 17.6 Å². The Bertz CT molecular complexity index is 1520. The van der Waals surface area contributed by atoms with Crippen molar-refractivity contribution in [2.45, 2.75) is 11.8 Å². The first-order chi connectivity index (χ1) is 15.6. The summed E-state index contributed by atoms with van der Waals surface area (Å²) in [6.45, 7) is 1.51. The molecule has 0 bridgehead atoms. The molecule has 0 atom stereocenters. The highest BCUT2D eigenvalue weighted by atomic mass is 35.5. The molecule has 0 aliphatic carbocycles. The summed E-state index contributed by atoms with van der Waals surface area (Å²) in [6.07, 6.45) is 2.63. The second-order valence-corrected chi connectivity index (χ2v) is 9.31. The third-order valence-electron chi connectivity index (χ3n) is 4.73. The normalized spacial score (nSPS) is 11.5. The molecule has 0 saturated heterocycles. The number of anilines is 1. The SMILES string of the molecule is CNC(=O)c1ncn2nc(-c3c(F)ccc(NS(=O)(=O)c4cc(Cl)cnc4C)c3Cl)ccc12. The molecule has 1 amide bonds. The summed E-state index contributed by atoms with van der Waals surface area (Å²) >= 11 is 12.3. The predicted octanol–water partition coefficient (Wildman–Crippen LogP) is 3.71. The zero-order valence-corrected chi connectivity index (χ0v) is 19.4. The number of fused-ring (bicyclic) bond motifs is 1. The van der Waals surface area contributed by atoms with Gasteiger partial charge in [-0.15, -0.1) is 0 Å². The van der Waals surface area contributed by atoms with E-state index >= 15 is 0 Å². The Kier molecular flexibility index (Phi) is 5.95. The van der Waals surface area contributed by atoms with Crippen LogP contribution in [0.15, 0.2) is 47.8 Å². The zero-order chi connectivity index (χ0) is 23.9. The fourth-order valence-electron chi connectivity index (χ4n) is 3.15. The maximum absolute atomic E-state index is 14.8. The molecule has 9 nitrogen and oxygen atoms in total. The van der Waals surface area contributed by atoms with Crippen LogP contribution in [0.4, 0.5) is 10.1 Å². The van der Waals surface area contributed by atoms with E-state index in [1.807, 2.05) is 0 Å². The number of carbonyl (C=O) groups excluding carboxylic acids is 1. The summed E-state index contributed by atoms with van der Waals surface area (Å²) in [5.41, 5.74) is 0.684. The summed E-state index contributed by atoms with van der Waals surface area (Å²) in [7, 11) is -2.66. The quantitative estimate of drug-likeness (QED) is 0.424. The molecule has 0 spiro atoms. The van der Waals surface area contributed by atoms with Crippen LogP contribution in [0.2, 0.25) is 10.0 Å². The average Bonchev–Trinajstić information content (AvgIpc) is 3.20. The minimum Gasteiger partial charge on any atom is -0.354 e. The number of imidazole rings is 1. The van der Waals surface area contributed by atoms with E-state index in [-0.39, 0.29) is 43.3 Å². The number of pyridine rings is 1. The number of benzene rings is 1. The lowest BCUT2D eigenvalue weighted by atomic mass is 10.1. The average molecular weight is 509 g/mol. The molecule has 0 aliphatic rings. The predicted molar refractivity (Wildman–Crippen MR) is 122 cm³/mol. The smallest absolute Gasteiger partial charge is 0.271 e. The number of hydrogen-bond acceptors (Lipinski definition) is 6. The zero-order valence-electron chi connectivity index (χ0n) is 17.1. The molecule has 4 rings (SSSR count). The van der Waals surface area contributed by atoms with E-state index in [1.54, 1.807) is 0 Å². The molecule has 4 aromatic rings. The van der Waals surface area contributed by atoms with E-state index < -0.39 is 21.7 Å². The molecule has 1 aromatic carbocycles. The van der Waals surface area contributed by atoms with Gasteiger partial charge in [-0.2, -0.15) is 5.10 Å². The molecular weight excluding hydrogens is 494 g/mol. The summed E-state index contributed by atoms with van der Waals surface area (Å²) in [5.74, 6) is -1.12. The monoisotopic (exact) mass is 508 g/mol. The lowest BCUT2D eigenvalue weighted by Crippen LogP contribution is -2.18. The largest absolute Gasteiger partial charge is 0.354 e. The highest BCUT2D eigenvalue weighted by Gasteiger charge is 2.23. The third-order valence-corrected chi connectivity index (χ3v) is 6.81. The minimum absolute atomic E-state index is 0.0639. The Morgan fingerprint density at radius 2 is 1.91 bits per heavy atom. The van der Waals surface area contributed by atoms with E-state index in [0.29, 0.717) is 5.52 Å².